The summed E-state index contributed by atoms with van der Waals surface area (Å²) in [5, 5.41) is 8.73. The highest BCUT2D eigenvalue weighted by Gasteiger charge is 2.24. The van der Waals surface area contributed by atoms with Gasteiger partial charge in [0.2, 0.25) is 5.91 Å². The smallest absolute Gasteiger partial charge is 0.240 e. The highest BCUT2D eigenvalue weighted by Crippen LogP contribution is 2.11. The first-order valence-electron chi connectivity index (χ1n) is 5.82. The summed E-state index contributed by atoms with van der Waals surface area (Å²) in [5.41, 5.74) is 0. The van der Waals surface area contributed by atoms with E-state index in [4.69, 9.17) is 0 Å². The third-order valence-electron chi connectivity index (χ3n) is 2.92. The molecule has 2 rings (SSSR count). The molecule has 5 nitrogen and oxygen atoms in total. The molecule has 0 saturated carbocycles. The van der Waals surface area contributed by atoms with Crippen LogP contribution in [0.5, 0.6) is 0 Å². The minimum Gasteiger partial charge on any atom is -0.311 e. The number of aromatic nitrogens is 1. The van der Waals surface area contributed by atoms with Gasteiger partial charge in [0.25, 0.3) is 0 Å². The Labute approximate surface area is 105 Å². The normalized spacial score (nSPS) is 25.8. The van der Waals surface area contributed by atoms with E-state index < -0.39 is 0 Å². The lowest BCUT2D eigenvalue weighted by atomic mass is 10.1. The number of thiazole rings is 1. The second kappa shape index (κ2) is 5.57. The van der Waals surface area contributed by atoms with Crippen molar-refractivity contribution >= 4 is 22.4 Å². The van der Waals surface area contributed by atoms with E-state index in [2.05, 4.69) is 34.4 Å². The van der Waals surface area contributed by atoms with Gasteiger partial charge in [-0.05, 0) is 13.8 Å². The molecule has 6 heteroatoms. The molecular weight excluding hydrogens is 236 g/mol. The molecule has 0 radical (unpaired) electrons. The van der Waals surface area contributed by atoms with Gasteiger partial charge in [0, 0.05) is 36.8 Å². The van der Waals surface area contributed by atoms with Crippen molar-refractivity contribution in [2.45, 2.75) is 25.9 Å². The second-order valence-corrected chi connectivity index (χ2v) is 5.37. The van der Waals surface area contributed by atoms with Crippen molar-refractivity contribution < 1.29 is 4.79 Å². The summed E-state index contributed by atoms with van der Waals surface area (Å²) in [6, 6.07) is 0.840. The van der Waals surface area contributed by atoms with Crippen LogP contribution in [0.15, 0.2) is 11.6 Å². The molecule has 0 bridgehead atoms. The molecule has 2 atom stereocenters. The SMILES string of the molecule is CC1CN(CC(=O)Nc2nccs2)C(C)CN1. The van der Waals surface area contributed by atoms with Crippen molar-refractivity contribution in [3.05, 3.63) is 11.6 Å². The fourth-order valence-corrected chi connectivity index (χ4v) is 2.49. The van der Waals surface area contributed by atoms with Gasteiger partial charge in [-0.15, -0.1) is 11.3 Å². The minimum atomic E-state index is 0.0147. The van der Waals surface area contributed by atoms with Crippen LogP contribution in [-0.4, -0.2) is 47.5 Å². The van der Waals surface area contributed by atoms with E-state index in [0.29, 0.717) is 23.8 Å². The maximum absolute atomic E-state index is 11.8. The monoisotopic (exact) mass is 254 g/mol. The summed E-state index contributed by atoms with van der Waals surface area (Å²) >= 11 is 1.44. The first-order chi connectivity index (χ1) is 8.15. The second-order valence-electron chi connectivity index (χ2n) is 4.47. The van der Waals surface area contributed by atoms with Gasteiger partial charge in [-0.1, -0.05) is 0 Å². The van der Waals surface area contributed by atoms with Crippen LogP contribution >= 0.6 is 11.3 Å². The molecule has 1 saturated heterocycles. The quantitative estimate of drug-likeness (QED) is 0.836. The van der Waals surface area contributed by atoms with Crippen molar-refractivity contribution in [2.75, 3.05) is 25.0 Å². The van der Waals surface area contributed by atoms with Gasteiger partial charge in [0.1, 0.15) is 0 Å². The van der Waals surface area contributed by atoms with Gasteiger partial charge in [-0.3, -0.25) is 9.69 Å². The van der Waals surface area contributed by atoms with Crippen LogP contribution in [0.25, 0.3) is 0 Å². The van der Waals surface area contributed by atoms with Crippen molar-refractivity contribution in [2.24, 2.45) is 0 Å². The first-order valence-corrected chi connectivity index (χ1v) is 6.70. The topological polar surface area (TPSA) is 57.3 Å². The lowest BCUT2D eigenvalue weighted by molar-refractivity contribution is -0.118. The lowest BCUT2D eigenvalue weighted by Gasteiger charge is -2.36. The van der Waals surface area contributed by atoms with Crippen LogP contribution in [-0.2, 0) is 4.79 Å². The third-order valence-corrected chi connectivity index (χ3v) is 3.61. The Balaban J connectivity index is 1.85. The number of rotatable bonds is 3. The maximum Gasteiger partial charge on any atom is 0.240 e. The maximum atomic E-state index is 11.8. The van der Waals surface area contributed by atoms with E-state index in [-0.39, 0.29) is 5.91 Å². The van der Waals surface area contributed by atoms with E-state index in [1.54, 1.807) is 6.20 Å². The zero-order valence-electron chi connectivity index (χ0n) is 10.1. The van der Waals surface area contributed by atoms with Gasteiger partial charge in [0.05, 0.1) is 6.54 Å². The molecular formula is C11H18N4OS. The van der Waals surface area contributed by atoms with Crippen molar-refractivity contribution in [3.8, 4) is 0 Å². The zero-order chi connectivity index (χ0) is 12.3. The summed E-state index contributed by atoms with van der Waals surface area (Å²) in [5.74, 6) is 0.0147. The molecule has 1 aliphatic heterocycles. The number of hydrogen-bond donors (Lipinski definition) is 2. The molecule has 1 aliphatic rings. The highest BCUT2D eigenvalue weighted by molar-refractivity contribution is 7.13. The summed E-state index contributed by atoms with van der Waals surface area (Å²) in [6.45, 7) is 6.55. The number of nitrogens with one attached hydrogen (secondary N) is 2. The Kier molecular flexibility index (Phi) is 4.09. The van der Waals surface area contributed by atoms with Gasteiger partial charge in [-0.25, -0.2) is 4.98 Å². The molecule has 1 fully saturated rings. The average Bonchev–Trinajstić information content (AvgIpc) is 2.76. The molecule has 1 aromatic rings. The highest BCUT2D eigenvalue weighted by atomic mass is 32.1. The van der Waals surface area contributed by atoms with Gasteiger partial charge in [-0.2, -0.15) is 0 Å². The van der Waals surface area contributed by atoms with Crippen molar-refractivity contribution in [3.63, 3.8) is 0 Å². The molecule has 94 valence electrons. The van der Waals surface area contributed by atoms with E-state index in [1.165, 1.54) is 11.3 Å². The molecule has 2 unspecified atom stereocenters. The van der Waals surface area contributed by atoms with Crippen LogP contribution < -0.4 is 10.6 Å². The van der Waals surface area contributed by atoms with E-state index in [1.807, 2.05) is 5.38 Å². The molecule has 0 aromatic carbocycles. The minimum absolute atomic E-state index is 0.0147. The summed E-state index contributed by atoms with van der Waals surface area (Å²) in [6.07, 6.45) is 1.69. The van der Waals surface area contributed by atoms with Gasteiger partial charge < -0.3 is 10.6 Å². The van der Waals surface area contributed by atoms with Crippen LogP contribution in [0.3, 0.4) is 0 Å². The van der Waals surface area contributed by atoms with Crippen LogP contribution in [0.4, 0.5) is 5.13 Å². The van der Waals surface area contributed by atoms with Gasteiger partial charge in [0.15, 0.2) is 5.13 Å². The van der Waals surface area contributed by atoms with Crippen LogP contribution in [0.1, 0.15) is 13.8 Å². The molecule has 1 amide bonds. The van der Waals surface area contributed by atoms with Crippen molar-refractivity contribution in [1.82, 2.24) is 15.2 Å². The van der Waals surface area contributed by atoms with Crippen LogP contribution in [0.2, 0.25) is 0 Å². The molecule has 2 heterocycles. The molecule has 2 N–H and O–H groups in total. The number of anilines is 1. The standard InChI is InChI=1S/C11H18N4OS/c1-8-6-15(9(2)5-13-8)7-10(16)14-11-12-3-4-17-11/h3-4,8-9,13H,5-7H2,1-2H3,(H,12,14,16). The van der Waals surface area contributed by atoms with E-state index >= 15 is 0 Å². The number of piperazine rings is 1. The number of carbonyl (C=O) groups is 1. The Morgan fingerprint density at radius 1 is 1.71 bits per heavy atom. The Morgan fingerprint density at radius 3 is 3.24 bits per heavy atom. The summed E-state index contributed by atoms with van der Waals surface area (Å²) < 4.78 is 0. The fourth-order valence-electron chi connectivity index (χ4n) is 1.95. The predicted octanol–water partition coefficient (Wildman–Crippen LogP) is 0.764. The zero-order valence-corrected chi connectivity index (χ0v) is 11.0. The third kappa shape index (κ3) is 3.49. The van der Waals surface area contributed by atoms with Crippen LogP contribution in [0, 0.1) is 0 Å². The number of hydrogen-bond acceptors (Lipinski definition) is 5. The first kappa shape index (κ1) is 12.5. The Morgan fingerprint density at radius 2 is 2.53 bits per heavy atom. The number of amides is 1. The largest absolute Gasteiger partial charge is 0.311 e. The van der Waals surface area contributed by atoms with E-state index in [0.717, 1.165) is 13.1 Å². The number of carbonyl (C=O) groups excluding carboxylic acids is 1. The lowest BCUT2D eigenvalue weighted by Crippen LogP contribution is -2.55. The molecule has 1 aromatic heterocycles. The van der Waals surface area contributed by atoms with E-state index in [9.17, 15) is 4.79 Å². The Bertz CT molecular complexity index is 368. The fraction of sp³-hybridized carbons (Fsp3) is 0.636. The molecule has 0 spiro atoms. The van der Waals surface area contributed by atoms with Gasteiger partial charge >= 0.3 is 0 Å². The number of nitrogens with zero attached hydrogens (tertiary/aromatic N) is 2. The summed E-state index contributed by atoms with van der Waals surface area (Å²) in [4.78, 5) is 18.1. The molecule has 17 heavy (non-hydrogen) atoms. The average molecular weight is 254 g/mol. The summed E-state index contributed by atoms with van der Waals surface area (Å²) in [7, 11) is 0. The van der Waals surface area contributed by atoms with Crippen molar-refractivity contribution in [1.29, 1.82) is 0 Å². The predicted molar refractivity (Wildman–Crippen MR) is 69.2 cm³/mol. The Hall–Kier alpha value is -0.980. The molecule has 0 aliphatic carbocycles.